The minimum Gasteiger partial charge on any atom is -0.396 e. The standard InChI is InChI=1S/C13H19BrN2O3/c1-3-10(4-5-17)8-15-12-6-9(2)13(16(18)19)7-11(12)14/h6-7,10,15,17H,3-5,8H2,1-2H3. The van der Waals surface area contributed by atoms with Crippen molar-refractivity contribution in [3.05, 3.63) is 32.3 Å². The second-order valence-corrected chi connectivity index (χ2v) is 5.40. The average Bonchev–Trinajstić information content (AvgIpc) is 2.37. The molecule has 0 radical (unpaired) electrons. The summed E-state index contributed by atoms with van der Waals surface area (Å²) in [5.41, 5.74) is 1.59. The number of nitro groups is 1. The summed E-state index contributed by atoms with van der Waals surface area (Å²) in [4.78, 5) is 10.4. The number of anilines is 1. The van der Waals surface area contributed by atoms with Crippen molar-refractivity contribution in [3.8, 4) is 0 Å². The Balaban J connectivity index is 2.79. The van der Waals surface area contributed by atoms with Crippen LogP contribution in [0.4, 0.5) is 11.4 Å². The van der Waals surface area contributed by atoms with Gasteiger partial charge in [-0.25, -0.2) is 0 Å². The van der Waals surface area contributed by atoms with Gasteiger partial charge in [0.2, 0.25) is 0 Å². The van der Waals surface area contributed by atoms with Crippen molar-refractivity contribution in [2.24, 2.45) is 5.92 Å². The van der Waals surface area contributed by atoms with E-state index < -0.39 is 0 Å². The van der Waals surface area contributed by atoms with Crippen molar-refractivity contribution in [1.29, 1.82) is 0 Å². The first kappa shape index (κ1) is 15.9. The highest BCUT2D eigenvalue weighted by atomic mass is 79.9. The van der Waals surface area contributed by atoms with Crippen LogP contribution < -0.4 is 5.32 Å². The fourth-order valence-corrected chi connectivity index (χ4v) is 2.36. The predicted octanol–water partition coefficient (Wildman–Crippen LogP) is 3.49. The smallest absolute Gasteiger partial charge is 0.273 e. The summed E-state index contributed by atoms with van der Waals surface area (Å²) in [5, 5.41) is 23.0. The highest BCUT2D eigenvalue weighted by Gasteiger charge is 2.14. The first-order valence-corrected chi connectivity index (χ1v) is 7.08. The van der Waals surface area contributed by atoms with Gasteiger partial charge in [0.15, 0.2) is 0 Å². The van der Waals surface area contributed by atoms with Gasteiger partial charge < -0.3 is 10.4 Å². The largest absolute Gasteiger partial charge is 0.396 e. The fourth-order valence-electron chi connectivity index (χ4n) is 1.89. The van der Waals surface area contributed by atoms with E-state index in [1.165, 1.54) is 6.07 Å². The van der Waals surface area contributed by atoms with E-state index in [-0.39, 0.29) is 17.2 Å². The lowest BCUT2D eigenvalue weighted by molar-refractivity contribution is -0.385. The second kappa shape index (κ2) is 7.45. The normalized spacial score (nSPS) is 12.2. The third kappa shape index (κ3) is 4.47. The first-order chi connectivity index (χ1) is 8.99. The molecular weight excluding hydrogens is 312 g/mol. The van der Waals surface area contributed by atoms with Gasteiger partial charge in [-0.1, -0.05) is 13.3 Å². The van der Waals surface area contributed by atoms with E-state index in [1.54, 1.807) is 13.0 Å². The number of hydrogen-bond acceptors (Lipinski definition) is 4. The Morgan fingerprint density at radius 3 is 2.74 bits per heavy atom. The molecule has 0 aliphatic heterocycles. The maximum absolute atomic E-state index is 10.8. The Bertz CT molecular complexity index is 452. The SMILES string of the molecule is CCC(CCO)CNc1cc(C)c([N+](=O)[O-])cc1Br. The highest BCUT2D eigenvalue weighted by Crippen LogP contribution is 2.30. The number of aliphatic hydroxyl groups is 1. The van der Waals surface area contributed by atoms with Crippen LogP contribution >= 0.6 is 15.9 Å². The number of hydrogen-bond donors (Lipinski definition) is 2. The van der Waals surface area contributed by atoms with Gasteiger partial charge in [-0.15, -0.1) is 0 Å². The molecule has 0 bridgehead atoms. The molecule has 106 valence electrons. The molecule has 1 rings (SSSR count). The summed E-state index contributed by atoms with van der Waals surface area (Å²) in [6.45, 7) is 4.73. The van der Waals surface area contributed by atoms with Crippen LogP contribution in [0.1, 0.15) is 25.3 Å². The van der Waals surface area contributed by atoms with Crippen molar-refractivity contribution >= 4 is 27.3 Å². The monoisotopic (exact) mass is 330 g/mol. The van der Waals surface area contributed by atoms with Gasteiger partial charge in [-0.3, -0.25) is 10.1 Å². The number of rotatable bonds is 7. The van der Waals surface area contributed by atoms with E-state index in [0.717, 1.165) is 25.1 Å². The molecule has 0 spiro atoms. The van der Waals surface area contributed by atoms with Crippen molar-refractivity contribution in [3.63, 3.8) is 0 Å². The number of halogens is 1. The number of aliphatic hydroxyl groups excluding tert-OH is 1. The maximum Gasteiger partial charge on any atom is 0.273 e. The molecule has 0 saturated carbocycles. The third-order valence-electron chi connectivity index (χ3n) is 3.18. The number of nitrogens with zero attached hydrogens (tertiary/aromatic N) is 1. The van der Waals surface area contributed by atoms with Crippen LogP contribution in [0.3, 0.4) is 0 Å². The van der Waals surface area contributed by atoms with Gasteiger partial charge >= 0.3 is 0 Å². The Hall–Kier alpha value is -1.14. The first-order valence-electron chi connectivity index (χ1n) is 6.28. The number of aryl methyl sites for hydroxylation is 1. The minimum atomic E-state index is -0.384. The van der Waals surface area contributed by atoms with E-state index in [0.29, 0.717) is 16.0 Å². The molecule has 0 amide bonds. The predicted molar refractivity (Wildman–Crippen MR) is 79.5 cm³/mol. The quantitative estimate of drug-likeness (QED) is 0.592. The van der Waals surface area contributed by atoms with Crippen LogP contribution in [0.15, 0.2) is 16.6 Å². The molecule has 0 saturated heterocycles. The molecule has 1 aromatic rings. The highest BCUT2D eigenvalue weighted by molar-refractivity contribution is 9.10. The molecule has 2 N–H and O–H groups in total. The zero-order valence-corrected chi connectivity index (χ0v) is 12.7. The summed E-state index contributed by atoms with van der Waals surface area (Å²) in [6.07, 6.45) is 1.74. The minimum absolute atomic E-state index is 0.111. The Labute approximate surface area is 121 Å². The lowest BCUT2D eigenvalue weighted by Gasteiger charge is -2.16. The molecule has 1 unspecified atom stereocenters. The van der Waals surface area contributed by atoms with E-state index >= 15 is 0 Å². The number of nitrogens with one attached hydrogen (secondary N) is 1. The molecule has 6 heteroatoms. The molecular formula is C13H19BrN2O3. The molecule has 0 aromatic heterocycles. The Morgan fingerprint density at radius 2 is 2.21 bits per heavy atom. The summed E-state index contributed by atoms with van der Waals surface area (Å²) >= 11 is 3.34. The molecule has 0 aliphatic carbocycles. The van der Waals surface area contributed by atoms with E-state index in [1.807, 2.05) is 0 Å². The molecule has 1 atom stereocenters. The third-order valence-corrected chi connectivity index (χ3v) is 3.83. The summed E-state index contributed by atoms with van der Waals surface area (Å²) in [7, 11) is 0. The number of benzene rings is 1. The van der Waals surface area contributed by atoms with Crippen LogP contribution in [0, 0.1) is 23.0 Å². The van der Waals surface area contributed by atoms with E-state index in [4.69, 9.17) is 5.11 Å². The molecule has 1 aromatic carbocycles. The van der Waals surface area contributed by atoms with E-state index in [9.17, 15) is 10.1 Å². The molecule has 19 heavy (non-hydrogen) atoms. The Morgan fingerprint density at radius 1 is 1.53 bits per heavy atom. The summed E-state index contributed by atoms with van der Waals surface area (Å²) in [5.74, 6) is 0.396. The average molecular weight is 331 g/mol. The van der Waals surface area contributed by atoms with Crippen molar-refractivity contribution < 1.29 is 10.0 Å². The number of nitro benzene ring substituents is 1. The van der Waals surface area contributed by atoms with Crippen LogP contribution in [0.2, 0.25) is 0 Å². The van der Waals surface area contributed by atoms with Gasteiger partial charge in [0.25, 0.3) is 5.69 Å². The topological polar surface area (TPSA) is 75.4 Å². The van der Waals surface area contributed by atoms with E-state index in [2.05, 4.69) is 28.2 Å². The van der Waals surface area contributed by atoms with Crippen LogP contribution in [-0.2, 0) is 0 Å². The van der Waals surface area contributed by atoms with Crippen molar-refractivity contribution in [2.75, 3.05) is 18.5 Å². The molecule has 0 fully saturated rings. The maximum atomic E-state index is 10.8. The van der Waals surface area contributed by atoms with Gasteiger partial charge in [0, 0.05) is 34.9 Å². The van der Waals surface area contributed by atoms with Gasteiger partial charge in [-0.05, 0) is 41.3 Å². The van der Waals surface area contributed by atoms with Crippen LogP contribution in [0.25, 0.3) is 0 Å². The van der Waals surface area contributed by atoms with Gasteiger partial charge in [-0.2, -0.15) is 0 Å². The lowest BCUT2D eigenvalue weighted by atomic mass is 10.0. The van der Waals surface area contributed by atoms with Crippen LogP contribution in [0.5, 0.6) is 0 Å². The molecule has 0 aliphatic rings. The van der Waals surface area contributed by atoms with Crippen molar-refractivity contribution in [2.45, 2.75) is 26.7 Å². The van der Waals surface area contributed by atoms with Gasteiger partial charge in [0.1, 0.15) is 0 Å². The lowest BCUT2D eigenvalue weighted by Crippen LogP contribution is -2.15. The Kier molecular flexibility index (Phi) is 6.24. The summed E-state index contributed by atoms with van der Waals surface area (Å²) < 4.78 is 0.684. The van der Waals surface area contributed by atoms with Crippen LogP contribution in [-0.4, -0.2) is 23.2 Å². The van der Waals surface area contributed by atoms with Gasteiger partial charge in [0.05, 0.1) is 4.92 Å². The second-order valence-electron chi connectivity index (χ2n) is 4.54. The van der Waals surface area contributed by atoms with Crippen molar-refractivity contribution in [1.82, 2.24) is 0 Å². The zero-order valence-electron chi connectivity index (χ0n) is 11.1. The summed E-state index contributed by atoms with van der Waals surface area (Å²) in [6, 6.07) is 3.29. The molecule has 0 heterocycles. The fraction of sp³-hybridized carbons (Fsp3) is 0.538. The zero-order chi connectivity index (χ0) is 14.4. The molecule has 5 nitrogen and oxygen atoms in total.